The molecule has 0 aromatic carbocycles. The van der Waals surface area contributed by atoms with Crippen molar-refractivity contribution in [1.29, 1.82) is 0 Å². The normalized spacial score (nSPS) is 24.6. The van der Waals surface area contributed by atoms with Gasteiger partial charge in [0.2, 0.25) is 0 Å². The summed E-state index contributed by atoms with van der Waals surface area (Å²) in [5.41, 5.74) is 3.52. The summed E-state index contributed by atoms with van der Waals surface area (Å²) in [5, 5.41) is 0. The van der Waals surface area contributed by atoms with Crippen LogP contribution in [0.15, 0.2) is 18.2 Å². The number of hydrogen-bond acceptors (Lipinski definition) is 2. The van der Waals surface area contributed by atoms with Gasteiger partial charge in [0.25, 0.3) is 0 Å². The van der Waals surface area contributed by atoms with Crippen molar-refractivity contribution in [2.45, 2.75) is 52.4 Å². The highest BCUT2D eigenvalue weighted by molar-refractivity contribution is 5.12. The lowest BCUT2D eigenvalue weighted by molar-refractivity contribution is 0.353. The average molecular weight is 230 g/mol. The van der Waals surface area contributed by atoms with Crippen molar-refractivity contribution in [2.75, 3.05) is 0 Å². The van der Waals surface area contributed by atoms with E-state index in [1.54, 1.807) is 0 Å². The van der Waals surface area contributed by atoms with Gasteiger partial charge in [-0.3, -0.25) is 0 Å². The number of aromatic nitrogens is 2. The predicted molar refractivity (Wildman–Crippen MR) is 71.0 cm³/mol. The summed E-state index contributed by atoms with van der Waals surface area (Å²) in [6.45, 7) is 10.3. The summed E-state index contributed by atoms with van der Waals surface area (Å²) in [5.74, 6) is 2.34. The number of hydrogen-bond donors (Lipinski definition) is 0. The Labute approximate surface area is 104 Å². The number of aryl methyl sites for hydroxylation is 2. The maximum Gasteiger partial charge on any atom is 0.131 e. The first kappa shape index (κ1) is 12.3. The van der Waals surface area contributed by atoms with Crippen LogP contribution in [0.5, 0.6) is 0 Å². The van der Waals surface area contributed by atoms with E-state index in [0.717, 1.165) is 23.1 Å². The SMILES string of the molecule is C=C(C)C1CCC(c2nc(C)cc(C)n2)CC1. The molecule has 2 heteroatoms. The second kappa shape index (κ2) is 4.99. The lowest BCUT2D eigenvalue weighted by Gasteiger charge is -2.28. The molecule has 0 unspecified atom stereocenters. The third-order valence-electron chi connectivity index (χ3n) is 3.79. The van der Waals surface area contributed by atoms with Crippen LogP contribution in [0, 0.1) is 19.8 Å². The fraction of sp³-hybridized carbons (Fsp3) is 0.600. The highest BCUT2D eigenvalue weighted by Gasteiger charge is 2.24. The van der Waals surface area contributed by atoms with Crippen LogP contribution >= 0.6 is 0 Å². The quantitative estimate of drug-likeness (QED) is 0.719. The Morgan fingerprint density at radius 1 is 1.12 bits per heavy atom. The summed E-state index contributed by atoms with van der Waals surface area (Å²) < 4.78 is 0. The van der Waals surface area contributed by atoms with Crippen LogP contribution < -0.4 is 0 Å². The van der Waals surface area contributed by atoms with Gasteiger partial charge in [0.15, 0.2) is 0 Å². The first-order chi connectivity index (χ1) is 8.06. The third kappa shape index (κ3) is 2.93. The molecule has 0 atom stereocenters. The molecule has 2 nitrogen and oxygen atoms in total. The Bertz CT molecular complexity index is 395. The van der Waals surface area contributed by atoms with Crippen molar-refractivity contribution in [2.24, 2.45) is 5.92 Å². The summed E-state index contributed by atoms with van der Waals surface area (Å²) >= 11 is 0. The van der Waals surface area contributed by atoms with E-state index >= 15 is 0 Å². The first-order valence-corrected chi connectivity index (χ1v) is 6.54. The number of allylic oxidation sites excluding steroid dienone is 1. The van der Waals surface area contributed by atoms with Crippen molar-refractivity contribution in [3.05, 3.63) is 35.4 Å². The Kier molecular flexibility index (Phi) is 3.60. The summed E-state index contributed by atoms with van der Waals surface area (Å²) in [6, 6.07) is 2.04. The molecule has 0 saturated heterocycles. The second-order valence-electron chi connectivity index (χ2n) is 5.40. The van der Waals surface area contributed by atoms with Gasteiger partial charge in [-0.2, -0.15) is 0 Å². The summed E-state index contributed by atoms with van der Waals surface area (Å²) in [6.07, 6.45) is 4.91. The van der Waals surface area contributed by atoms with E-state index < -0.39 is 0 Å². The Hall–Kier alpha value is -1.18. The molecule has 1 aromatic heterocycles. The summed E-state index contributed by atoms with van der Waals surface area (Å²) in [4.78, 5) is 9.19. The van der Waals surface area contributed by atoms with E-state index in [2.05, 4.69) is 37.3 Å². The van der Waals surface area contributed by atoms with E-state index in [1.165, 1.54) is 31.3 Å². The molecular formula is C15H22N2. The van der Waals surface area contributed by atoms with Gasteiger partial charge in [0, 0.05) is 17.3 Å². The van der Waals surface area contributed by atoms with Crippen LogP contribution in [0.2, 0.25) is 0 Å². The van der Waals surface area contributed by atoms with Crippen molar-refractivity contribution in [1.82, 2.24) is 9.97 Å². The highest BCUT2D eigenvalue weighted by Crippen LogP contribution is 2.36. The zero-order valence-corrected chi connectivity index (χ0v) is 11.2. The number of rotatable bonds is 2. The van der Waals surface area contributed by atoms with Crippen molar-refractivity contribution in [3.8, 4) is 0 Å². The Balaban J connectivity index is 2.07. The van der Waals surface area contributed by atoms with Gasteiger partial charge in [-0.1, -0.05) is 12.2 Å². The van der Waals surface area contributed by atoms with Gasteiger partial charge in [-0.15, -0.1) is 0 Å². The van der Waals surface area contributed by atoms with Crippen LogP contribution in [-0.4, -0.2) is 9.97 Å². The molecule has 17 heavy (non-hydrogen) atoms. The van der Waals surface area contributed by atoms with Gasteiger partial charge in [0.05, 0.1) is 0 Å². The van der Waals surface area contributed by atoms with Crippen LogP contribution in [0.4, 0.5) is 0 Å². The molecule has 92 valence electrons. The topological polar surface area (TPSA) is 25.8 Å². The second-order valence-corrected chi connectivity index (χ2v) is 5.40. The largest absolute Gasteiger partial charge is 0.238 e. The number of nitrogens with zero attached hydrogens (tertiary/aromatic N) is 2. The predicted octanol–water partition coefficient (Wildman–Crippen LogP) is 3.94. The van der Waals surface area contributed by atoms with Crippen LogP contribution in [0.3, 0.4) is 0 Å². The van der Waals surface area contributed by atoms with E-state index in [0.29, 0.717) is 5.92 Å². The van der Waals surface area contributed by atoms with Crippen LogP contribution in [0.25, 0.3) is 0 Å². The monoisotopic (exact) mass is 230 g/mol. The van der Waals surface area contributed by atoms with Gasteiger partial charge in [0.1, 0.15) is 5.82 Å². The fourth-order valence-electron chi connectivity index (χ4n) is 2.78. The molecule has 1 aliphatic rings. The third-order valence-corrected chi connectivity index (χ3v) is 3.79. The lowest BCUT2D eigenvalue weighted by Crippen LogP contribution is -2.16. The standard InChI is InChI=1S/C15H22N2/c1-10(2)13-5-7-14(8-6-13)15-16-11(3)9-12(4)17-15/h9,13-14H,1,5-8H2,2-4H3. The minimum atomic E-state index is 0.559. The smallest absolute Gasteiger partial charge is 0.131 e. The molecule has 0 N–H and O–H groups in total. The maximum atomic E-state index is 4.59. The highest BCUT2D eigenvalue weighted by atomic mass is 14.9. The molecular weight excluding hydrogens is 208 g/mol. The minimum absolute atomic E-state index is 0.559. The molecule has 1 heterocycles. The van der Waals surface area contributed by atoms with Crippen LogP contribution in [-0.2, 0) is 0 Å². The zero-order chi connectivity index (χ0) is 12.4. The lowest BCUT2D eigenvalue weighted by atomic mass is 9.79. The molecule has 1 aromatic rings. The van der Waals surface area contributed by atoms with E-state index in [4.69, 9.17) is 0 Å². The van der Waals surface area contributed by atoms with E-state index in [-0.39, 0.29) is 0 Å². The van der Waals surface area contributed by atoms with Gasteiger partial charge in [-0.25, -0.2) is 9.97 Å². The van der Waals surface area contributed by atoms with E-state index in [9.17, 15) is 0 Å². The minimum Gasteiger partial charge on any atom is -0.238 e. The molecule has 0 radical (unpaired) electrons. The van der Waals surface area contributed by atoms with Gasteiger partial charge < -0.3 is 0 Å². The molecule has 2 rings (SSSR count). The Morgan fingerprint density at radius 2 is 1.65 bits per heavy atom. The van der Waals surface area contributed by atoms with Crippen molar-refractivity contribution >= 4 is 0 Å². The molecule has 0 amide bonds. The molecule has 1 aliphatic carbocycles. The van der Waals surface area contributed by atoms with E-state index in [1.807, 2.05) is 6.07 Å². The molecule has 1 fully saturated rings. The van der Waals surface area contributed by atoms with Crippen molar-refractivity contribution < 1.29 is 0 Å². The molecule has 0 spiro atoms. The van der Waals surface area contributed by atoms with Gasteiger partial charge >= 0.3 is 0 Å². The molecule has 0 aliphatic heterocycles. The van der Waals surface area contributed by atoms with Gasteiger partial charge in [-0.05, 0) is 58.4 Å². The average Bonchev–Trinajstić information content (AvgIpc) is 2.28. The van der Waals surface area contributed by atoms with Crippen LogP contribution in [0.1, 0.15) is 55.7 Å². The summed E-state index contributed by atoms with van der Waals surface area (Å²) in [7, 11) is 0. The first-order valence-electron chi connectivity index (χ1n) is 6.54. The fourth-order valence-corrected chi connectivity index (χ4v) is 2.78. The molecule has 0 bridgehead atoms. The molecule has 1 saturated carbocycles. The Morgan fingerprint density at radius 3 is 2.12 bits per heavy atom. The maximum absolute atomic E-state index is 4.59. The zero-order valence-electron chi connectivity index (χ0n) is 11.2. The van der Waals surface area contributed by atoms with Crippen molar-refractivity contribution in [3.63, 3.8) is 0 Å².